The number of amides is 1. The molecule has 0 bridgehead atoms. The Balaban J connectivity index is 1.78. The highest BCUT2D eigenvalue weighted by Crippen LogP contribution is 2.36. The summed E-state index contributed by atoms with van der Waals surface area (Å²) < 4.78 is 20.2. The second-order valence-corrected chi connectivity index (χ2v) is 8.37. The predicted molar refractivity (Wildman–Crippen MR) is 128 cm³/mol. The summed E-state index contributed by atoms with van der Waals surface area (Å²) in [4.78, 5) is 22.8. The number of halogens is 3. The first-order chi connectivity index (χ1) is 15.8. The number of hydrogen-bond donors (Lipinski definition) is 1. The van der Waals surface area contributed by atoms with Gasteiger partial charge in [-0.1, -0.05) is 18.2 Å². The Hall–Kier alpha value is -3.55. The number of carbonyl (C=O) groups is 1. The first kappa shape index (κ1) is 24.1. The minimum absolute atomic E-state index is 0.138. The molecule has 0 saturated heterocycles. The van der Waals surface area contributed by atoms with E-state index in [2.05, 4.69) is 37.2 Å². The highest BCUT2D eigenvalue weighted by atomic mass is 79.9. The van der Waals surface area contributed by atoms with Gasteiger partial charge in [0.1, 0.15) is 29.8 Å². The lowest BCUT2D eigenvalue weighted by molar-refractivity contribution is -0.384. The van der Waals surface area contributed by atoms with E-state index in [-0.39, 0.29) is 29.4 Å². The quantitative estimate of drug-likeness (QED) is 0.152. The van der Waals surface area contributed by atoms with E-state index < -0.39 is 10.8 Å². The fraction of sp³-hybridized carbons (Fsp3) is 0.0435. The highest BCUT2D eigenvalue weighted by molar-refractivity contribution is 9.11. The van der Waals surface area contributed by atoms with E-state index in [1.807, 2.05) is 6.07 Å². The number of nitro benzene ring substituents is 1. The van der Waals surface area contributed by atoms with Gasteiger partial charge in [-0.15, -0.1) is 0 Å². The lowest BCUT2D eigenvalue weighted by Crippen LogP contribution is -2.13. The lowest BCUT2D eigenvalue weighted by atomic mass is 10.1. The Morgan fingerprint density at radius 1 is 1.15 bits per heavy atom. The molecule has 0 unspecified atom stereocenters. The maximum absolute atomic E-state index is 13.3. The Morgan fingerprint density at radius 2 is 1.85 bits per heavy atom. The molecule has 33 heavy (non-hydrogen) atoms. The zero-order valence-electron chi connectivity index (χ0n) is 16.7. The van der Waals surface area contributed by atoms with Gasteiger partial charge in [-0.05, 0) is 79.4 Å². The third-order valence-corrected chi connectivity index (χ3v) is 5.46. The molecule has 0 radical (unpaired) electrons. The van der Waals surface area contributed by atoms with E-state index in [4.69, 9.17) is 4.74 Å². The van der Waals surface area contributed by atoms with Crippen molar-refractivity contribution in [3.8, 4) is 11.8 Å². The third kappa shape index (κ3) is 6.47. The maximum atomic E-state index is 13.3. The number of anilines is 1. The van der Waals surface area contributed by atoms with Crippen LogP contribution in [-0.4, -0.2) is 10.8 Å². The lowest BCUT2D eigenvalue weighted by Gasteiger charge is -2.12. The van der Waals surface area contributed by atoms with E-state index in [1.165, 1.54) is 42.5 Å². The topological polar surface area (TPSA) is 105 Å². The molecule has 0 saturated carbocycles. The first-order valence-corrected chi connectivity index (χ1v) is 10.9. The van der Waals surface area contributed by atoms with Gasteiger partial charge in [-0.2, -0.15) is 5.26 Å². The highest BCUT2D eigenvalue weighted by Gasteiger charge is 2.14. The number of nitriles is 1. The Bertz CT molecular complexity index is 1280. The number of benzene rings is 3. The van der Waals surface area contributed by atoms with E-state index in [0.717, 1.165) is 0 Å². The summed E-state index contributed by atoms with van der Waals surface area (Å²) in [5.41, 5.74) is 0.990. The van der Waals surface area contributed by atoms with E-state index in [0.29, 0.717) is 25.8 Å². The molecule has 0 aliphatic heterocycles. The second-order valence-electron chi connectivity index (χ2n) is 6.66. The molecule has 0 aliphatic carbocycles. The standard InChI is InChI=1S/C23H14Br2FN3O4/c24-20-9-15(10-21(25)22(20)33-13-14-3-1-4-17(26)8-14)7-16(12-27)23(30)28-18-5-2-6-19(11-18)29(31)32/h1-11H,13H2,(H,28,30)/b16-7+. The van der Waals surface area contributed by atoms with Crippen LogP contribution in [0.1, 0.15) is 11.1 Å². The summed E-state index contributed by atoms with van der Waals surface area (Å²) in [6.45, 7) is 0.138. The predicted octanol–water partition coefficient (Wildman–Crippen LogP) is 6.38. The minimum atomic E-state index is -0.711. The van der Waals surface area contributed by atoms with Crippen molar-refractivity contribution in [2.75, 3.05) is 5.32 Å². The van der Waals surface area contributed by atoms with Gasteiger partial charge in [-0.25, -0.2) is 4.39 Å². The van der Waals surface area contributed by atoms with E-state index in [9.17, 15) is 24.6 Å². The minimum Gasteiger partial charge on any atom is -0.487 e. The maximum Gasteiger partial charge on any atom is 0.271 e. The number of ether oxygens (including phenoxy) is 1. The molecular weight excluding hydrogens is 561 g/mol. The van der Waals surface area contributed by atoms with Crippen LogP contribution in [0.25, 0.3) is 6.08 Å². The molecule has 7 nitrogen and oxygen atoms in total. The fourth-order valence-electron chi connectivity index (χ4n) is 2.79. The molecule has 3 rings (SSSR count). The Labute approximate surface area is 204 Å². The molecule has 0 spiro atoms. The molecule has 0 aliphatic rings. The third-order valence-electron chi connectivity index (χ3n) is 4.28. The van der Waals surface area contributed by atoms with E-state index >= 15 is 0 Å². The Morgan fingerprint density at radius 3 is 2.48 bits per heavy atom. The number of nitro groups is 1. The molecule has 3 aromatic rings. The van der Waals surface area contributed by atoms with Crippen LogP contribution in [0.15, 0.2) is 75.2 Å². The van der Waals surface area contributed by atoms with Gasteiger partial charge < -0.3 is 10.1 Å². The second kappa shape index (κ2) is 10.8. The van der Waals surface area contributed by atoms with Crippen molar-refractivity contribution in [3.63, 3.8) is 0 Å². The summed E-state index contributed by atoms with van der Waals surface area (Å²) >= 11 is 6.81. The monoisotopic (exact) mass is 573 g/mol. The van der Waals surface area contributed by atoms with Crippen molar-refractivity contribution >= 4 is 55.2 Å². The average molecular weight is 575 g/mol. The Kier molecular flexibility index (Phi) is 7.92. The molecule has 0 fully saturated rings. The number of nitrogens with zero attached hydrogens (tertiary/aromatic N) is 2. The molecule has 166 valence electrons. The van der Waals surface area contributed by atoms with Crippen LogP contribution in [0.2, 0.25) is 0 Å². The van der Waals surface area contributed by atoms with Crippen molar-refractivity contribution in [2.24, 2.45) is 0 Å². The van der Waals surface area contributed by atoms with Crippen molar-refractivity contribution in [2.45, 2.75) is 6.61 Å². The summed E-state index contributed by atoms with van der Waals surface area (Å²) in [5.74, 6) is -0.602. The number of rotatable bonds is 7. The zero-order chi connectivity index (χ0) is 24.0. The van der Waals surface area contributed by atoms with Crippen molar-refractivity contribution < 1.29 is 18.8 Å². The summed E-state index contributed by atoms with van der Waals surface area (Å²) in [6, 6.07) is 16.6. The SMILES string of the molecule is N#C/C(=C\c1cc(Br)c(OCc2cccc(F)c2)c(Br)c1)C(=O)Nc1cccc([N+](=O)[O-])c1. The fourth-order valence-corrected chi connectivity index (χ4v) is 4.24. The van der Waals surface area contributed by atoms with Gasteiger partial charge in [-0.3, -0.25) is 14.9 Å². The molecule has 3 aromatic carbocycles. The molecule has 0 atom stereocenters. The number of nitrogens with one attached hydrogen (secondary N) is 1. The number of non-ortho nitro benzene ring substituents is 1. The molecule has 10 heteroatoms. The van der Waals surface area contributed by atoms with Crippen molar-refractivity contribution in [1.29, 1.82) is 5.26 Å². The van der Waals surface area contributed by atoms with Gasteiger partial charge in [0.2, 0.25) is 0 Å². The van der Waals surface area contributed by atoms with Crippen LogP contribution in [0, 0.1) is 27.3 Å². The van der Waals surface area contributed by atoms with Crippen molar-refractivity contribution in [3.05, 3.63) is 102 Å². The summed E-state index contributed by atoms with van der Waals surface area (Å²) in [6.07, 6.45) is 1.37. The first-order valence-electron chi connectivity index (χ1n) is 9.30. The van der Waals surface area contributed by atoms with Crippen LogP contribution in [0.5, 0.6) is 5.75 Å². The normalized spacial score (nSPS) is 10.9. The van der Waals surface area contributed by atoms with Crippen LogP contribution in [0.4, 0.5) is 15.8 Å². The average Bonchev–Trinajstić information content (AvgIpc) is 2.77. The smallest absolute Gasteiger partial charge is 0.271 e. The van der Waals surface area contributed by atoms with E-state index in [1.54, 1.807) is 24.3 Å². The van der Waals surface area contributed by atoms with Crippen LogP contribution in [0.3, 0.4) is 0 Å². The largest absolute Gasteiger partial charge is 0.487 e. The summed E-state index contributed by atoms with van der Waals surface area (Å²) in [5, 5.41) is 22.8. The van der Waals surface area contributed by atoms with Gasteiger partial charge >= 0.3 is 0 Å². The molecular formula is C23H14Br2FN3O4. The zero-order valence-corrected chi connectivity index (χ0v) is 19.9. The number of hydrogen-bond acceptors (Lipinski definition) is 5. The van der Waals surface area contributed by atoms with Crippen LogP contribution in [-0.2, 0) is 11.4 Å². The number of carbonyl (C=O) groups excluding carboxylic acids is 1. The summed E-state index contributed by atoms with van der Waals surface area (Å²) in [7, 11) is 0. The van der Waals surface area contributed by atoms with Gasteiger partial charge in [0.25, 0.3) is 11.6 Å². The molecule has 0 heterocycles. The van der Waals surface area contributed by atoms with Crippen LogP contribution >= 0.6 is 31.9 Å². The van der Waals surface area contributed by atoms with Crippen LogP contribution < -0.4 is 10.1 Å². The molecule has 1 amide bonds. The molecule has 0 aromatic heterocycles. The van der Waals surface area contributed by atoms with Crippen molar-refractivity contribution in [1.82, 2.24) is 0 Å². The molecule has 1 N–H and O–H groups in total. The van der Waals surface area contributed by atoms with Gasteiger partial charge in [0.15, 0.2) is 0 Å². The van der Waals surface area contributed by atoms with Gasteiger partial charge in [0.05, 0.1) is 13.9 Å². The van der Waals surface area contributed by atoms with Gasteiger partial charge in [0, 0.05) is 17.8 Å².